The highest BCUT2D eigenvalue weighted by molar-refractivity contribution is 5.97. The molecule has 1 saturated carbocycles. The van der Waals surface area contributed by atoms with Gasteiger partial charge in [0, 0.05) is 13.1 Å². The van der Waals surface area contributed by atoms with Crippen molar-refractivity contribution in [3.8, 4) is 0 Å². The van der Waals surface area contributed by atoms with Gasteiger partial charge < -0.3 is 16.0 Å². The Balaban J connectivity index is 0.00000144. The first-order valence-electron chi connectivity index (χ1n) is 8.49. The molecule has 1 amide bonds. The molecule has 0 atom stereocenters. The van der Waals surface area contributed by atoms with Crippen LogP contribution in [0.5, 0.6) is 0 Å². The molecule has 0 aromatic carbocycles. The number of hydrogen-bond donors (Lipinski definition) is 2. The number of nitrogens with two attached hydrogens (primary N) is 1. The quantitative estimate of drug-likeness (QED) is 0.848. The zero-order valence-electron chi connectivity index (χ0n) is 14.0. The molecule has 0 radical (unpaired) electrons. The maximum absolute atomic E-state index is 12.4. The van der Waals surface area contributed by atoms with Crippen LogP contribution in [0.2, 0.25) is 0 Å². The Labute approximate surface area is 156 Å². The highest BCUT2D eigenvalue weighted by Crippen LogP contribution is 2.27. The number of nitrogens with one attached hydrogen (secondary N) is 1. The number of rotatable bonds is 3. The lowest BCUT2D eigenvalue weighted by Crippen LogP contribution is -2.52. The number of carbonyl (C=O) groups is 1. The Kier molecular flexibility index (Phi) is 8.27. The summed E-state index contributed by atoms with van der Waals surface area (Å²) >= 11 is 0. The molecule has 1 saturated heterocycles. The minimum Gasteiger partial charge on any atom is -0.370 e. The minimum absolute atomic E-state index is 0. The number of nitrogens with zero attached hydrogens (tertiary/aromatic N) is 2. The van der Waals surface area contributed by atoms with E-state index in [1.165, 1.54) is 25.7 Å². The van der Waals surface area contributed by atoms with Crippen LogP contribution in [0.1, 0.15) is 51.4 Å². The van der Waals surface area contributed by atoms with E-state index in [0.717, 1.165) is 44.5 Å². The zero-order valence-corrected chi connectivity index (χ0v) is 15.6. The van der Waals surface area contributed by atoms with Crippen molar-refractivity contribution in [1.29, 1.82) is 0 Å². The van der Waals surface area contributed by atoms with E-state index in [2.05, 4.69) is 15.2 Å². The van der Waals surface area contributed by atoms with Gasteiger partial charge in [-0.2, -0.15) is 0 Å². The van der Waals surface area contributed by atoms with Gasteiger partial charge in [0.2, 0.25) is 5.91 Å². The van der Waals surface area contributed by atoms with Crippen LogP contribution in [0, 0.1) is 0 Å². The average Bonchev–Trinajstić information content (AvgIpc) is 2.57. The van der Waals surface area contributed by atoms with Crippen molar-refractivity contribution >= 4 is 42.2 Å². The van der Waals surface area contributed by atoms with Crippen LogP contribution in [0.4, 0.5) is 11.5 Å². The molecule has 7 heteroatoms. The summed E-state index contributed by atoms with van der Waals surface area (Å²) in [6, 6.07) is 3.92. The maximum atomic E-state index is 12.4. The summed E-state index contributed by atoms with van der Waals surface area (Å²) in [7, 11) is 0. The third-order valence-electron chi connectivity index (χ3n) is 4.91. The number of carbonyl (C=O) groups excluding carboxylic acids is 1. The fourth-order valence-electron chi connectivity index (χ4n) is 3.45. The molecule has 1 aliphatic heterocycles. The molecule has 24 heavy (non-hydrogen) atoms. The van der Waals surface area contributed by atoms with E-state index in [1.807, 2.05) is 18.3 Å². The van der Waals surface area contributed by atoms with Crippen LogP contribution in [-0.2, 0) is 4.79 Å². The fourth-order valence-corrected chi connectivity index (χ4v) is 3.45. The van der Waals surface area contributed by atoms with Crippen molar-refractivity contribution in [1.82, 2.24) is 4.98 Å². The highest BCUT2D eigenvalue weighted by atomic mass is 35.5. The van der Waals surface area contributed by atoms with Crippen molar-refractivity contribution in [2.75, 3.05) is 23.3 Å². The molecular formula is C17H28Cl2N4O. The number of halogens is 2. The van der Waals surface area contributed by atoms with Crippen LogP contribution in [-0.4, -0.2) is 29.5 Å². The van der Waals surface area contributed by atoms with Crippen molar-refractivity contribution < 1.29 is 4.79 Å². The van der Waals surface area contributed by atoms with Crippen molar-refractivity contribution in [2.24, 2.45) is 5.73 Å². The molecule has 3 rings (SSSR count). The van der Waals surface area contributed by atoms with Gasteiger partial charge >= 0.3 is 0 Å². The van der Waals surface area contributed by atoms with Gasteiger partial charge in [0.1, 0.15) is 5.82 Å². The van der Waals surface area contributed by atoms with Gasteiger partial charge in [-0.1, -0.05) is 19.3 Å². The van der Waals surface area contributed by atoms with Gasteiger partial charge in [0.15, 0.2) is 0 Å². The topological polar surface area (TPSA) is 71.2 Å². The molecule has 2 aliphatic rings. The molecule has 1 aromatic heterocycles. The van der Waals surface area contributed by atoms with Gasteiger partial charge in [-0.05, 0) is 44.2 Å². The lowest BCUT2D eigenvalue weighted by molar-refractivity contribution is -0.122. The molecule has 5 nitrogen and oxygen atoms in total. The van der Waals surface area contributed by atoms with Crippen molar-refractivity contribution in [3.05, 3.63) is 18.3 Å². The lowest BCUT2D eigenvalue weighted by Gasteiger charge is -2.31. The standard InChI is InChI=1S/C17H26N4O.2ClH/c18-17(9-3-1-4-10-17)16(22)20-15-8-7-14(13-19-15)21-11-5-2-6-12-21;;/h7-8,13H,1-6,9-12,18H2,(H,19,20,22);2*1H. The van der Waals surface area contributed by atoms with E-state index in [-0.39, 0.29) is 30.7 Å². The van der Waals surface area contributed by atoms with E-state index < -0.39 is 5.54 Å². The molecule has 136 valence electrons. The van der Waals surface area contributed by atoms with Crippen LogP contribution in [0.15, 0.2) is 18.3 Å². The number of aromatic nitrogens is 1. The molecule has 1 aliphatic carbocycles. The molecule has 2 fully saturated rings. The number of hydrogen-bond acceptors (Lipinski definition) is 4. The molecule has 2 heterocycles. The van der Waals surface area contributed by atoms with E-state index in [4.69, 9.17) is 5.73 Å². The summed E-state index contributed by atoms with van der Waals surface area (Å²) in [5.41, 5.74) is 6.67. The number of amides is 1. The van der Waals surface area contributed by atoms with Crippen molar-refractivity contribution in [3.63, 3.8) is 0 Å². The second-order valence-electron chi connectivity index (χ2n) is 6.62. The van der Waals surface area contributed by atoms with Gasteiger partial charge in [-0.3, -0.25) is 4.79 Å². The summed E-state index contributed by atoms with van der Waals surface area (Å²) in [4.78, 5) is 19.1. The largest absolute Gasteiger partial charge is 0.370 e. The molecule has 3 N–H and O–H groups in total. The fraction of sp³-hybridized carbons (Fsp3) is 0.647. The Morgan fingerprint density at radius 2 is 1.67 bits per heavy atom. The SMILES string of the molecule is Cl.Cl.NC1(C(=O)Nc2ccc(N3CCCCC3)cn2)CCCCC1. The third-order valence-corrected chi connectivity index (χ3v) is 4.91. The van der Waals surface area contributed by atoms with E-state index in [1.54, 1.807) is 0 Å². The number of piperidine rings is 1. The van der Waals surface area contributed by atoms with Gasteiger partial charge in [-0.25, -0.2) is 4.98 Å². The second kappa shape index (κ2) is 9.44. The predicted octanol–water partition coefficient (Wildman–Crippen LogP) is 3.52. The molecular weight excluding hydrogens is 347 g/mol. The van der Waals surface area contributed by atoms with Crippen LogP contribution in [0.25, 0.3) is 0 Å². The normalized spacial score (nSPS) is 19.6. The smallest absolute Gasteiger partial charge is 0.245 e. The van der Waals surface area contributed by atoms with E-state index in [9.17, 15) is 4.79 Å². The molecule has 0 bridgehead atoms. The highest BCUT2D eigenvalue weighted by Gasteiger charge is 2.35. The summed E-state index contributed by atoms with van der Waals surface area (Å²) < 4.78 is 0. The molecule has 0 unspecified atom stereocenters. The maximum Gasteiger partial charge on any atom is 0.245 e. The lowest BCUT2D eigenvalue weighted by atomic mass is 9.82. The summed E-state index contributed by atoms with van der Waals surface area (Å²) in [5.74, 6) is 0.506. The first-order chi connectivity index (χ1) is 10.7. The second-order valence-corrected chi connectivity index (χ2v) is 6.62. The van der Waals surface area contributed by atoms with Gasteiger partial charge in [-0.15, -0.1) is 24.8 Å². The third kappa shape index (κ3) is 4.98. The minimum atomic E-state index is -0.717. The monoisotopic (exact) mass is 374 g/mol. The summed E-state index contributed by atoms with van der Waals surface area (Å²) in [5, 5.41) is 2.89. The summed E-state index contributed by atoms with van der Waals surface area (Å²) in [6.07, 6.45) is 10.4. The molecule has 0 spiro atoms. The van der Waals surface area contributed by atoms with Gasteiger partial charge in [0.05, 0.1) is 17.4 Å². The Bertz CT molecular complexity index is 512. The van der Waals surface area contributed by atoms with E-state index in [0.29, 0.717) is 5.82 Å². The first kappa shape index (κ1) is 21.0. The van der Waals surface area contributed by atoms with Crippen LogP contribution in [0.3, 0.4) is 0 Å². The molecule has 1 aromatic rings. The Morgan fingerprint density at radius 3 is 2.25 bits per heavy atom. The van der Waals surface area contributed by atoms with Crippen molar-refractivity contribution in [2.45, 2.75) is 56.9 Å². The Morgan fingerprint density at radius 1 is 1.04 bits per heavy atom. The first-order valence-corrected chi connectivity index (χ1v) is 8.49. The number of anilines is 2. The summed E-state index contributed by atoms with van der Waals surface area (Å²) in [6.45, 7) is 2.19. The van der Waals surface area contributed by atoms with E-state index >= 15 is 0 Å². The average molecular weight is 375 g/mol. The van der Waals surface area contributed by atoms with Crippen LogP contribution >= 0.6 is 24.8 Å². The number of pyridine rings is 1. The predicted molar refractivity (Wildman–Crippen MR) is 103 cm³/mol. The van der Waals surface area contributed by atoms with Gasteiger partial charge in [0.25, 0.3) is 0 Å². The van der Waals surface area contributed by atoms with Crippen LogP contribution < -0.4 is 16.0 Å². The zero-order chi connectivity index (χ0) is 15.4. The Hall–Kier alpha value is -1.04.